The molecule has 0 bridgehead atoms. The first kappa shape index (κ1) is 59.2. The molecule has 9 nitrogen and oxygen atoms in total. The molecule has 0 radical (unpaired) electrons. The summed E-state index contributed by atoms with van der Waals surface area (Å²) in [5, 5.41) is 9.64. The fraction of sp³-hybridized carbons (Fsp3) is 0.648. The van der Waals surface area contributed by atoms with Crippen LogP contribution in [0.15, 0.2) is 97.2 Å². The summed E-state index contributed by atoms with van der Waals surface area (Å²) < 4.78 is 22.7. The number of ether oxygens (including phenoxy) is 4. The summed E-state index contributed by atoms with van der Waals surface area (Å²) in [7, 11) is 5.93. The summed E-state index contributed by atoms with van der Waals surface area (Å²) in [6.07, 6.45) is 56.2. The van der Waals surface area contributed by atoms with Crippen molar-refractivity contribution in [2.24, 2.45) is 0 Å². The second-order valence-corrected chi connectivity index (χ2v) is 17.0. The standard InChI is InChI=1S/C54H89NO8/c1-6-8-10-12-14-16-18-19-20-21-22-23-24-25-26-27-28-29-30-31-32-33-35-37-39-41-43-45-52(57)63-50(49-62-54(53(58)59)60-47-46-55(3,4)5)48-61-51(56)44-42-40-38-36-34-17-15-13-11-9-7-2/h8,10,14,16,19-20,22-23,25-26,28-29,31-32,35,37,50,54H,6-7,9,11-13,15,17-18,21,24,27,30,33-34,36,38-49H2,1-5H3/p+1/b10-8-,16-14-,20-19-,23-22-,26-25-,29-28-,32-31-,37-35-. The molecule has 1 N–H and O–H groups in total. The van der Waals surface area contributed by atoms with Gasteiger partial charge in [0.1, 0.15) is 13.2 Å². The third-order valence-corrected chi connectivity index (χ3v) is 9.86. The number of carbonyl (C=O) groups excluding carboxylic acids is 2. The second-order valence-electron chi connectivity index (χ2n) is 17.0. The van der Waals surface area contributed by atoms with Crippen LogP contribution in [0, 0.1) is 0 Å². The van der Waals surface area contributed by atoms with E-state index in [0.717, 1.165) is 83.5 Å². The van der Waals surface area contributed by atoms with Gasteiger partial charge in [-0.15, -0.1) is 0 Å². The maximum absolute atomic E-state index is 12.8. The van der Waals surface area contributed by atoms with Crippen LogP contribution in [0.3, 0.4) is 0 Å². The van der Waals surface area contributed by atoms with Crippen molar-refractivity contribution in [3.05, 3.63) is 97.2 Å². The van der Waals surface area contributed by atoms with Crippen LogP contribution in [0.25, 0.3) is 0 Å². The van der Waals surface area contributed by atoms with Crippen molar-refractivity contribution in [2.45, 2.75) is 180 Å². The Kier molecular flexibility index (Phi) is 42.1. The Morgan fingerprint density at radius 2 is 0.905 bits per heavy atom. The SMILES string of the molecule is CC/C=C\C/C=C\C/C=C\C/C=C\C/C=C\C/C=C\C/C=C\C/C=C\CCCCC(=O)OC(COC(=O)CCCCCCCCCCCCC)COC(OCC[N+](C)(C)C)C(=O)O. The van der Waals surface area contributed by atoms with Gasteiger partial charge in [-0.2, -0.15) is 0 Å². The lowest BCUT2D eigenvalue weighted by atomic mass is 10.1. The number of quaternary nitrogens is 1. The van der Waals surface area contributed by atoms with Crippen LogP contribution in [0.1, 0.15) is 168 Å². The van der Waals surface area contributed by atoms with E-state index in [1.807, 2.05) is 21.1 Å². The topological polar surface area (TPSA) is 108 Å². The predicted octanol–water partition coefficient (Wildman–Crippen LogP) is 13.4. The lowest BCUT2D eigenvalue weighted by Gasteiger charge is -2.25. The molecule has 0 aliphatic carbocycles. The number of esters is 2. The molecule has 0 aromatic carbocycles. The molecule has 0 rings (SSSR count). The molecule has 0 aliphatic rings. The summed E-state index contributed by atoms with van der Waals surface area (Å²) in [5.41, 5.74) is 0. The Bertz CT molecular complexity index is 1350. The highest BCUT2D eigenvalue weighted by Gasteiger charge is 2.25. The quantitative estimate of drug-likeness (QED) is 0.0212. The van der Waals surface area contributed by atoms with Crippen molar-refractivity contribution in [1.29, 1.82) is 0 Å². The number of allylic oxidation sites excluding steroid dienone is 16. The van der Waals surface area contributed by atoms with E-state index in [9.17, 15) is 19.5 Å². The number of hydrogen-bond acceptors (Lipinski definition) is 7. The van der Waals surface area contributed by atoms with Crippen LogP contribution < -0.4 is 0 Å². The van der Waals surface area contributed by atoms with Gasteiger partial charge in [0.05, 0.1) is 34.4 Å². The minimum Gasteiger partial charge on any atom is -0.477 e. The number of unbranched alkanes of at least 4 members (excludes halogenated alkanes) is 12. The molecule has 0 aromatic heterocycles. The Morgan fingerprint density at radius 1 is 0.492 bits per heavy atom. The lowest BCUT2D eigenvalue weighted by Crippen LogP contribution is -2.40. The average molecular weight is 881 g/mol. The normalized spacial score (nSPS) is 13.7. The van der Waals surface area contributed by atoms with Crippen molar-refractivity contribution in [2.75, 3.05) is 47.5 Å². The van der Waals surface area contributed by atoms with E-state index in [0.29, 0.717) is 17.4 Å². The summed E-state index contributed by atoms with van der Waals surface area (Å²) in [6.45, 7) is 4.67. The third kappa shape index (κ3) is 46.0. The number of rotatable bonds is 43. The van der Waals surface area contributed by atoms with Gasteiger partial charge in [-0.3, -0.25) is 9.59 Å². The van der Waals surface area contributed by atoms with E-state index in [1.165, 1.54) is 51.4 Å². The van der Waals surface area contributed by atoms with Gasteiger partial charge in [-0.05, 0) is 77.0 Å². The summed E-state index contributed by atoms with van der Waals surface area (Å²) in [4.78, 5) is 37.1. The molecule has 9 heteroatoms. The molecule has 0 saturated carbocycles. The molecule has 0 heterocycles. The first-order valence-electron chi connectivity index (χ1n) is 24.4. The van der Waals surface area contributed by atoms with E-state index in [2.05, 4.69) is 111 Å². The van der Waals surface area contributed by atoms with Crippen LogP contribution in [0.2, 0.25) is 0 Å². The lowest BCUT2D eigenvalue weighted by molar-refractivity contribution is -0.870. The fourth-order valence-electron chi connectivity index (χ4n) is 6.08. The zero-order valence-corrected chi connectivity index (χ0v) is 40.4. The van der Waals surface area contributed by atoms with Crippen molar-refractivity contribution in [1.82, 2.24) is 0 Å². The molecule has 0 spiro atoms. The maximum Gasteiger partial charge on any atom is 0.361 e. The number of hydrogen-bond donors (Lipinski definition) is 1. The number of nitrogens with zero attached hydrogens (tertiary/aromatic N) is 1. The van der Waals surface area contributed by atoms with Gasteiger partial charge >= 0.3 is 17.9 Å². The van der Waals surface area contributed by atoms with Crippen LogP contribution in [0.5, 0.6) is 0 Å². The van der Waals surface area contributed by atoms with Gasteiger partial charge in [-0.1, -0.05) is 175 Å². The highest BCUT2D eigenvalue weighted by molar-refractivity contribution is 5.71. The minimum atomic E-state index is -1.52. The maximum atomic E-state index is 12.8. The Morgan fingerprint density at radius 3 is 1.35 bits per heavy atom. The zero-order chi connectivity index (χ0) is 46.3. The number of carboxylic acids is 1. The monoisotopic (exact) mass is 881 g/mol. The highest BCUT2D eigenvalue weighted by Crippen LogP contribution is 2.13. The zero-order valence-electron chi connectivity index (χ0n) is 40.4. The fourth-order valence-corrected chi connectivity index (χ4v) is 6.08. The molecule has 0 saturated heterocycles. The Labute approximate surface area is 384 Å². The van der Waals surface area contributed by atoms with E-state index in [1.54, 1.807) is 0 Å². The first-order chi connectivity index (χ1) is 30.6. The van der Waals surface area contributed by atoms with Gasteiger partial charge in [-0.25, -0.2) is 4.79 Å². The molecular formula is C54H90NO8+. The van der Waals surface area contributed by atoms with Crippen LogP contribution in [0.4, 0.5) is 0 Å². The number of carbonyl (C=O) groups is 3. The second kappa shape index (κ2) is 44.8. The smallest absolute Gasteiger partial charge is 0.361 e. The number of carboxylic acid groups (broad SMARTS) is 1. The molecule has 2 unspecified atom stereocenters. The Balaban J connectivity index is 4.44. The predicted molar refractivity (Wildman–Crippen MR) is 262 cm³/mol. The average Bonchev–Trinajstić information content (AvgIpc) is 3.24. The molecule has 0 aromatic rings. The molecule has 0 aliphatic heterocycles. The van der Waals surface area contributed by atoms with Crippen LogP contribution in [-0.2, 0) is 33.3 Å². The minimum absolute atomic E-state index is 0.175. The first-order valence-corrected chi connectivity index (χ1v) is 24.4. The van der Waals surface area contributed by atoms with Crippen LogP contribution >= 0.6 is 0 Å². The Hall–Kier alpha value is -3.79. The van der Waals surface area contributed by atoms with Gasteiger partial charge in [0, 0.05) is 12.8 Å². The van der Waals surface area contributed by atoms with Crippen molar-refractivity contribution >= 4 is 17.9 Å². The van der Waals surface area contributed by atoms with Crippen molar-refractivity contribution in [3.63, 3.8) is 0 Å². The molecule has 0 fully saturated rings. The van der Waals surface area contributed by atoms with Crippen LogP contribution in [-0.4, -0.2) is 87.4 Å². The van der Waals surface area contributed by atoms with Crippen molar-refractivity contribution in [3.8, 4) is 0 Å². The highest BCUT2D eigenvalue weighted by atomic mass is 16.7. The number of likely N-dealkylation sites (N-methyl/N-ethyl adjacent to an activating group) is 1. The van der Waals surface area contributed by atoms with Gasteiger partial charge in [0.25, 0.3) is 6.29 Å². The van der Waals surface area contributed by atoms with E-state index in [4.69, 9.17) is 18.9 Å². The van der Waals surface area contributed by atoms with E-state index in [-0.39, 0.29) is 38.6 Å². The largest absolute Gasteiger partial charge is 0.477 e. The molecule has 0 amide bonds. The molecule has 63 heavy (non-hydrogen) atoms. The molecule has 358 valence electrons. The summed E-state index contributed by atoms with van der Waals surface area (Å²) >= 11 is 0. The van der Waals surface area contributed by atoms with Gasteiger partial charge in [0.2, 0.25) is 0 Å². The third-order valence-electron chi connectivity index (χ3n) is 9.86. The van der Waals surface area contributed by atoms with Gasteiger partial charge < -0.3 is 28.5 Å². The van der Waals surface area contributed by atoms with Crippen molar-refractivity contribution < 1.29 is 42.9 Å². The van der Waals surface area contributed by atoms with Gasteiger partial charge in [0.15, 0.2) is 6.10 Å². The number of aliphatic carboxylic acids is 1. The van der Waals surface area contributed by atoms with E-state index >= 15 is 0 Å². The summed E-state index contributed by atoms with van der Waals surface area (Å²) in [5.74, 6) is -2.08. The molecule has 2 atom stereocenters. The van der Waals surface area contributed by atoms with E-state index < -0.39 is 24.3 Å². The summed E-state index contributed by atoms with van der Waals surface area (Å²) in [6, 6.07) is 0. The molecular weight excluding hydrogens is 791 g/mol.